The Labute approximate surface area is 227 Å². The number of carbonyl (C=O) groups is 1. The van der Waals surface area contributed by atoms with Gasteiger partial charge in [-0.2, -0.15) is 4.39 Å². The number of hydrogen-bond donors (Lipinski definition) is 2. The van der Waals surface area contributed by atoms with Gasteiger partial charge in [0.2, 0.25) is 11.5 Å². The van der Waals surface area contributed by atoms with Crippen molar-refractivity contribution in [1.29, 1.82) is 0 Å². The summed E-state index contributed by atoms with van der Waals surface area (Å²) in [5.41, 5.74) is -7.95. The summed E-state index contributed by atoms with van der Waals surface area (Å²) >= 11 is 0. The smallest absolute Gasteiger partial charge is 0.380 e. The van der Waals surface area contributed by atoms with Gasteiger partial charge in [-0.15, -0.1) is 0 Å². The molecule has 2 aromatic rings. The number of alkyl halides is 2. The molecule has 1 aliphatic rings. The SMILES string of the molecule is CC(C)OC(=O)[C@H](C)C[P@@](=O)(Oc1ccccc1)OC(C)(C)[C@H]1O[C@@H](n2cc(F)c(=O)[nH]c2=O)C(F)(CF)[C@H]1O. The number of nitrogens with one attached hydrogen (secondary N) is 1. The maximum Gasteiger partial charge on any atom is 0.380 e. The lowest BCUT2D eigenvalue weighted by molar-refractivity contribution is -0.151. The minimum atomic E-state index is -4.35. The molecular formula is C25H32F3N2O9P. The molecule has 1 unspecified atom stereocenters. The number of aliphatic hydroxyl groups excluding tert-OH is 1. The lowest BCUT2D eigenvalue weighted by atomic mass is 9.89. The zero-order chi connectivity index (χ0) is 30.0. The van der Waals surface area contributed by atoms with Gasteiger partial charge in [0, 0.05) is 0 Å². The number of halogens is 3. The summed E-state index contributed by atoms with van der Waals surface area (Å²) in [6, 6.07) is 7.81. The summed E-state index contributed by atoms with van der Waals surface area (Å²) < 4.78 is 80.4. The topological polar surface area (TPSA) is 146 Å². The average Bonchev–Trinajstić information content (AvgIpc) is 3.12. The number of hydrogen-bond acceptors (Lipinski definition) is 9. The molecule has 0 bridgehead atoms. The van der Waals surface area contributed by atoms with Gasteiger partial charge in [0.25, 0.3) is 5.56 Å². The molecule has 0 spiro atoms. The summed E-state index contributed by atoms with van der Waals surface area (Å²) in [6.45, 7) is 5.31. The van der Waals surface area contributed by atoms with E-state index in [4.69, 9.17) is 18.5 Å². The Balaban J connectivity index is 1.98. The van der Waals surface area contributed by atoms with Crippen LogP contribution in [0.4, 0.5) is 13.2 Å². The van der Waals surface area contributed by atoms with E-state index in [0.717, 1.165) is 0 Å². The minimum Gasteiger partial charge on any atom is -0.463 e. The molecule has 0 amide bonds. The Hall–Kier alpha value is -2.93. The predicted octanol–water partition coefficient (Wildman–Crippen LogP) is 3.27. The van der Waals surface area contributed by atoms with E-state index in [1.165, 1.54) is 32.9 Å². The fourth-order valence-electron chi connectivity index (χ4n) is 4.25. The van der Waals surface area contributed by atoms with Crippen LogP contribution in [0.25, 0.3) is 0 Å². The lowest BCUT2D eigenvalue weighted by Gasteiger charge is -2.36. The number of benzene rings is 1. The Morgan fingerprint density at radius 2 is 1.88 bits per heavy atom. The van der Waals surface area contributed by atoms with Crippen LogP contribution in [-0.2, 0) is 23.4 Å². The zero-order valence-electron chi connectivity index (χ0n) is 22.5. The second-order valence-electron chi connectivity index (χ2n) is 10.3. The van der Waals surface area contributed by atoms with Crippen LogP contribution in [0.3, 0.4) is 0 Å². The molecule has 40 heavy (non-hydrogen) atoms. The van der Waals surface area contributed by atoms with Crippen molar-refractivity contribution in [2.45, 2.75) is 70.4 Å². The Morgan fingerprint density at radius 1 is 1.25 bits per heavy atom. The van der Waals surface area contributed by atoms with Crippen LogP contribution >= 0.6 is 7.60 Å². The summed E-state index contributed by atoms with van der Waals surface area (Å²) in [7, 11) is -4.35. The zero-order valence-corrected chi connectivity index (χ0v) is 23.4. The highest BCUT2D eigenvalue weighted by Crippen LogP contribution is 2.56. The first-order valence-corrected chi connectivity index (χ1v) is 14.1. The summed E-state index contributed by atoms with van der Waals surface area (Å²) in [5, 5.41) is 10.8. The van der Waals surface area contributed by atoms with Gasteiger partial charge < -0.3 is 19.1 Å². The number of nitrogens with zero attached hydrogens (tertiary/aromatic N) is 1. The molecule has 0 saturated carbocycles. The van der Waals surface area contributed by atoms with E-state index in [2.05, 4.69) is 0 Å². The normalized spacial score (nSPS) is 25.4. The average molecular weight is 593 g/mol. The molecule has 2 N–H and O–H groups in total. The van der Waals surface area contributed by atoms with Crippen molar-refractivity contribution in [3.63, 3.8) is 0 Å². The first kappa shape index (κ1) is 31.6. The number of rotatable bonds is 11. The third-order valence-electron chi connectivity index (χ3n) is 6.15. The third-order valence-corrected chi connectivity index (χ3v) is 8.38. The number of aliphatic hydroxyl groups is 1. The highest BCUT2D eigenvalue weighted by Gasteiger charge is 2.63. The van der Waals surface area contributed by atoms with Gasteiger partial charge in [0.1, 0.15) is 30.2 Å². The monoisotopic (exact) mass is 592 g/mol. The Bertz CT molecular complexity index is 1370. The first-order chi connectivity index (χ1) is 18.5. The van der Waals surface area contributed by atoms with Gasteiger partial charge in [0.15, 0.2) is 6.23 Å². The molecule has 222 valence electrons. The van der Waals surface area contributed by atoms with Gasteiger partial charge >= 0.3 is 19.3 Å². The molecule has 3 rings (SSSR count). The van der Waals surface area contributed by atoms with E-state index in [-0.39, 0.29) is 10.3 Å². The maximum atomic E-state index is 15.9. The summed E-state index contributed by atoms with van der Waals surface area (Å²) in [4.78, 5) is 37.8. The van der Waals surface area contributed by atoms with Crippen molar-refractivity contribution in [3.05, 3.63) is 63.2 Å². The molecule has 1 saturated heterocycles. The molecule has 1 aromatic carbocycles. The second-order valence-corrected chi connectivity index (χ2v) is 12.3. The molecule has 1 fully saturated rings. The number of H-pyrrole nitrogens is 1. The molecule has 1 aromatic heterocycles. The second kappa shape index (κ2) is 11.9. The highest BCUT2D eigenvalue weighted by atomic mass is 31.2. The fourth-order valence-corrected chi connectivity index (χ4v) is 6.52. The van der Waals surface area contributed by atoms with Gasteiger partial charge in [-0.1, -0.05) is 25.1 Å². The quantitative estimate of drug-likeness (QED) is 0.297. The minimum absolute atomic E-state index is 0.107. The summed E-state index contributed by atoms with van der Waals surface area (Å²) in [6.07, 6.45) is -7.01. The van der Waals surface area contributed by atoms with E-state index < -0.39 is 85.2 Å². The van der Waals surface area contributed by atoms with Crippen LogP contribution in [0, 0.1) is 11.7 Å². The largest absolute Gasteiger partial charge is 0.463 e. The lowest BCUT2D eigenvalue weighted by Crippen LogP contribution is -2.51. The molecule has 1 aliphatic heterocycles. The molecular weight excluding hydrogens is 560 g/mol. The molecule has 0 aliphatic carbocycles. The van der Waals surface area contributed by atoms with Crippen LogP contribution in [0.5, 0.6) is 5.75 Å². The molecule has 2 heterocycles. The van der Waals surface area contributed by atoms with Crippen LogP contribution in [0.15, 0.2) is 46.1 Å². The number of aromatic amines is 1. The van der Waals surface area contributed by atoms with E-state index in [0.29, 0.717) is 6.20 Å². The summed E-state index contributed by atoms with van der Waals surface area (Å²) in [5.74, 6) is -3.06. The van der Waals surface area contributed by atoms with Crippen molar-refractivity contribution in [1.82, 2.24) is 9.55 Å². The van der Waals surface area contributed by atoms with E-state index in [1.54, 1.807) is 37.0 Å². The molecule has 6 atom stereocenters. The predicted molar refractivity (Wildman–Crippen MR) is 136 cm³/mol. The number of carbonyl (C=O) groups excluding carboxylic acids is 1. The maximum absolute atomic E-state index is 15.9. The number of esters is 1. The van der Waals surface area contributed by atoms with Crippen LogP contribution in [0.2, 0.25) is 0 Å². The fraction of sp³-hybridized carbons (Fsp3) is 0.560. The van der Waals surface area contributed by atoms with Crippen molar-refractivity contribution in [3.8, 4) is 5.75 Å². The first-order valence-electron chi connectivity index (χ1n) is 12.4. The molecule has 15 heteroatoms. The number of aromatic nitrogens is 2. The van der Waals surface area contributed by atoms with E-state index in [9.17, 15) is 32.8 Å². The third kappa shape index (κ3) is 6.68. The highest BCUT2D eigenvalue weighted by molar-refractivity contribution is 7.54. The van der Waals surface area contributed by atoms with E-state index >= 15 is 4.39 Å². The number of ether oxygens (including phenoxy) is 2. The van der Waals surface area contributed by atoms with Crippen LogP contribution in [-0.4, -0.2) is 63.0 Å². The molecule has 11 nitrogen and oxygen atoms in total. The Kier molecular flexibility index (Phi) is 9.40. The number of para-hydroxylation sites is 1. The van der Waals surface area contributed by atoms with Crippen LogP contribution in [0.1, 0.15) is 40.8 Å². The van der Waals surface area contributed by atoms with Gasteiger partial charge in [-0.25, -0.2) is 18.1 Å². The van der Waals surface area contributed by atoms with Crippen LogP contribution < -0.4 is 15.8 Å². The Morgan fingerprint density at radius 3 is 2.45 bits per heavy atom. The van der Waals surface area contributed by atoms with Gasteiger partial charge in [0.05, 0.1) is 24.4 Å². The molecule has 0 radical (unpaired) electrons. The van der Waals surface area contributed by atoms with E-state index in [1.807, 2.05) is 0 Å². The van der Waals surface area contributed by atoms with Gasteiger partial charge in [-0.3, -0.25) is 23.7 Å². The van der Waals surface area contributed by atoms with Crippen molar-refractivity contribution >= 4 is 13.6 Å². The van der Waals surface area contributed by atoms with Gasteiger partial charge in [-0.05, 0) is 39.8 Å². The van der Waals surface area contributed by atoms with Crippen molar-refractivity contribution in [2.75, 3.05) is 12.8 Å². The standard InChI is InChI=1S/C25H32F3N2O9P/c1-14(2)36-21(33)15(3)12-40(35,38-16-9-7-6-8-10-16)39-24(4,5)19-18(31)25(28,13-26)22(37-19)30-11-17(27)20(32)29-23(30)34/h6-11,14-15,18-19,22,31H,12-13H2,1-5H3,(H,29,32,34)/t15-,18+,19+,22-,25?,40-/m1/s1. The van der Waals surface area contributed by atoms with Crippen molar-refractivity contribution in [2.24, 2.45) is 5.92 Å². The van der Waals surface area contributed by atoms with Crippen molar-refractivity contribution < 1.29 is 46.2 Å².